The van der Waals surface area contributed by atoms with Gasteiger partial charge >= 0.3 is 5.97 Å². The maximum absolute atomic E-state index is 10.4. The number of benzene rings is 1. The molecule has 3 rings (SSSR count). The smallest absolute Gasteiger partial charge is 0.345 e. The lowest BCUT2D eigenvalue weighted by Gasteiger charge is -2.11. The van der Waals surface area contributed by atoms with Gasteiger partial charge in [0.15, 0.2) is 0 Å². The highest BCUT2D eigenvalue weighted by Gasteiger charge is 2.24. The fourth-order valence-electron chi connectivity index (χ4n) is 3.04. The lowest BCUT2D eigenvalue weighted by molar-refractivity contribution is 0.0702. The van der Waals surface area contributed by atoms with E-state index >= 15 is 0 Å². The number of hydrogen-bond donors (Lipinski definition) is 2. The Hall–Kier alpha value is -1.78. The number of aryl methyl sites for hydroxylation is 1. The number of halogens is 2. The van der Waals surface area contributed by atoms with E-state index in [1.165, 1.54) is 11.3 Å². The molecule has 0 amide bonds. The molecule has 2 atom stereocenters. The van der Waals surface area contributed by atoms with Gasteiger partial charge < -0.3 is 14.9 Å². The number of carboxylic acids is 1. The average molecular weight is 533 g/mol. The van der Waals surface area contributed by atoms with E-state index in [4.69, 9.17) is 43.4 Å². The monoisotopic (exact) mass is 531 g/mol. The number of rotatable bonds is 6. The van der Waals surface area contributed by atoms with Gasteiger partial charge in [-0.2, -0.15) is 5.26 Å². The third-order valence-electron chi connectivity index (χ3n) is 4.41. The van der Waals surface area contributed by atoms with Crippen molar-refractivity contribution in [3.8, 4) is 11.8 Å². The minimum Gasteiger partial charge on any atom is -0.493 e. The highest BCUT2D eigenvalue weighted by molar-refractivity contribution is 7.13. The summed E-state index contributed by atoms with van der Waals surface area (Å²) < 4.78 is 5.67. The van der Waals surface area contributed by atoms with Gasteiger partial charge in [0, 0.05) is 28.0 Å². The van der Waals surface area contributed by atoms with Crippen molar-refractivity contribution in [2.45, 2.75) is 66.7 Å². The summed E-state index contributed by atoms with van der Waals surface area (Å²) in [4.78, 5) is 12.0. The third-order valence-corrected chi connectivity index (χ3v) is 5.98. The molecule has 2 aromatic rings. The first-order chi connectivity index (χ1) is 16.4. The van der Waals surface area contributed by atoms with Crippen LogP contribution in [0.5, 0.6) is 5.75 Å². The topological polar surface area (TPSA) is 90.5 Å². The molecule has 0 saturated heterocycles. The highest BCUT2D eigenvalue weighted by Crippen LogP contribution is 2.31. The maximum Gasteiger partial charge on any atom is 0.345 e. The first kappa shape index (κ1) is 34.4. The Bertz CT molecular complexity index is 816. The molecule has 5 nitrogen and oxygen atoms in total. The number of aliphatic hydroxyl groups is 1. The zero-order valence-electron chi connectivity index (χ0n) is 21.1. The molecule has 1 aliphatic rings. The van der Waals surface area contributed by atoms with Gasteiger partial charge in [0.25, 0.3) is 0 Å². The predicted octanol–water partition coefficient (Wildman–Crippen LogP) is 8.37. The van der Waals surface area contributed by atoms with Crippen molar-refractivity contribution in [1.82, 2.24) is 0 Å². The van der Waals surface area contributed by atoms with E-state index in [9.17, 15) is 4.79 Å². The maximum atomic E-state index is 10.4. The number of carboxylic acid groups (broad SMARTS) is 1. The molecule has 1 aromatic heterocycles. The Morgan fingerprint density at radius 1 is 1.12 bits per heavy atom. The van der Waals surface area contributed by atoms with E-state index in [1.54, 1.807) is 24.3 Å². The summed E-state index contributed by atoms with van der Waals surface area (Å²) in [6.07, 6.45) is 5.04. The Morgan fingerprint density at radius 2 is 1.71 bits per heavy atom. The zero-order valence-corrected chi connectivity index (χ0v) is 23.4. The van der Waals surface area contributed by atoms with Crippen LogP contribution >= 0.6 is 34.5 Å². The van der Waals surface area contributed by atoms with Gasteiger partial charge in [0.1, 0.15) is 10.6 Å². The van der Waals surface area contributed by atoms with Crippen molar-refractivity contribution in [3.05, 3.63) is 50.1 Å². The zero-order chi connectivity index (χ0) is 26.5. The first-order valence-electron chi connectivity index (χ1n) is 11.7. The first-order valence-corrected chi connectivity index (χ1v) is 13.2. The summed E-state index contributed by atoms with van der Waals surface area (Å²) in [5, 5.41) is 25.5. The molecule has 0 spiro atoms. The summed E-state index contributed by atoms with van der Waals surface area (Å²) >= 11 is 13.1. The quantitative estimate of drug-likeness (QED) is 0.390. The molecule has 0 aliphatic heterocycles. The van der Waals surface area contributed by atoms with Crippen LogP contribution < -0.4 is 4.74 Å². The molecule has 8 heteroatoms. The standard InChI is InChI=1S/C13H13Cl2NO.C8H10O2S.2C2H6.CH4O/c14-11-4-12(15)6-13(5-11)17-8-10-2-1-9(3-10)7-16;1-2-3-6-4-5-7(11-6)8(9)10;3*1-2/h4-6,9-10H,1-3,8H2;4-5H,2-3H2,1H3,(H,9,10);2*1-2H3;2H,1H3. The van der Waals surface area contributed by atoms with Crippen LogP contribution in [0, 0.1) is 23.2 Å². The Balaban J connectivity index is 0. The van der Waals surface area contributed by atoms with Gasteiger partial charge in [0.05, 0.1) is 12.7 Å². The normalized spacial score (nSPS) is 15.4. The molecular weight excluding hydrogens is 493 g/mol. The summed E-state index contributed by atoms with van der Waals surface area (Å²) in [5.41, 5.74) is 0. The highest BCUT2D eigenvalue weighted by atomic mass is 35.5. The Morgan fingerprint density at radius 3 is 2.15 bits per heavy atom. The van der Waals surface area contributed by atoms with Gasteiger partial charge in [0.2, 0.25) is 0 Å². The Labute approximate surface area is 219 Å². The molecule has 34 heavy (non-hydrogen) atoms. The summed E-state index contributed by atoms with van der Waals surface area (Å²) in [7, 11) is 1.00. The van der Waals surface area contributed by atoms with Gasteiger partial charge in [-0.25, -0.2) is 4.79 Å². The molecular formula is C26H39Cl2NO4S. The molecule has 1 heterocycles. The molecule has 192 valence electrons. The van der Waals surface area contributed by atoms with Crippen LogP contribution in [-0.2, 0) is 6.42 Å². The van der Waals surface area contributed by atoms with Crippen molar-refractivity contribution in [3.63, 3.8) is 0 Å². The number of nitrogens with zero attached hydrogens (tertiary/aromatic N) is 1. The van der Waals surface area contributed by atoms with Crippen LogP contribution in [0.15, 0.2) is 30.3 Å². The molecule has 1 aliphatic carbocycles. The van der Waals surface area contributed by atoms with Crippen molar-refractivity contribution in [1.29, 1.82) is 5.26 Å². The molecule has 0 radical (unpaired) electrons. The van der Waals surface area contributed by atoms with Crippen LogP contribution in [0.3, 0.4) is 0 Å². The second-order valence-electron chi connectivity index (χ2n) is 6.74. The van der Waals surface area contributed by atoms with E-state index in [-0.39, 0.29) is 5.92 Å². The lowest BCUT2D eigenvalue weighted by atomic mass is 10.1. The fraction of sp³-hybridized carbons (Fsp3) is 0.538. The van der Waals surface area contributed by atoms with Gasteiger partial charge in [-0.1, -0.05) is 64.2 Å². The van der Waals surface area contributed by atoms with Gasteiger partial charge in [-0.05, 0) is 61.9 Å². The van der Waals surface area contributed by atoms with E-state index in [0.717, 1.165) is 44.1 Å². The number of carbonyl (C=O) groups is 1. The Kier molecular flexibility index (Phi) is 22.0. The third kappa shape index (κ3) is 14.5. The van der Waals surface area contributed by atoms with E-state index < -0.39 is 5.97 Å². The van der Waals surface area contributed by atoms with Crippen LogP contribution in [0.4, 0.5) is 0 Å². The van der Waals surface area contributed by atoms with Crippen LogP contribution in [0.25, 0.3) is 0 Å². The van der Waals surface area contributed by atoms with Gasteiger partial charge in [-0.3, -0.25) is 0 Å². The molecule has 1 aromatic carbocycles. The largest absolute Gasteiger partial charge is 0.493 e. The number of ether oxygens (including phenoxy) is 1. The summed E-state index contributed by atoms with van der Waals surface area (Å²) in [6, 6.07) is 11.0. The summed E-state index contributed by atoms with van der Waals surface area (Å²) in [5.74, 6) is 0.546. The second-order valence-corrected chi connectivity index (χ2v) is 8.78. The van der Waals surface area contributed by atoms with Crippen LogP contribution in [0.1, 0.15) is 74.9 Å². The lowest BCUT2D eigenvalue weighted by Crippen LogP contribution is -2.08. The molecule has 2 unspecified atom stereocenters. The minimum absolute atomic E-state index is 0.201. The van der Waals surface area contributed by atoms with Crippen molar-refractivity contribution >= 4 is 40.5 Å². The van der Waals surface area contributed by atoms with Crippen LogP contribution in [0.2, 0.25) is 10.0 Å². The molecule has 1 fully saturated rings. The predicted molar refractivity (Wildman–Crippen MR) is 145 cm³/mol. The number of hydrogen-bond acceptors (Lipinski definition) is 5. The van der Waals surface area contributed by atoms with Crippen molar-refractivity contribution < 1.29 is 19.7 Å². The minimum atomic E-state index is -0.822. The number of aromatic carboxylic acids is 1. The number of nitriles is 1. The molecule has 2 N–H and O–H groups in total. The average Bonchev–Trinajstić information content (AvgIpc) is 3.52. The van der Waals surface area contributed by atoms with E-state index in [2.05, 4.69) is 13.0 Å². The SMILES string of the molecule is CC.CC.CCCc1ccc(C(=O)O)s1.CO.N#CC1CCC(COc2cc(Cl)cc(Cl)c2)C1. The number of thiophene rings is 1. The van der Waals surface area contributed by atoms with Crippen LogP contribution in [-0.4, -0.2) is 29.9 Å². The van der Waals surface area contributed by atoms with E-state index in [1.807, 2.05) is 33.8 Å². The van der Waals surface area contributed by atoms with Gasteiger partial charge in [-0.15, -0.1) is 11.3 Å². The number of aliphatic hydroxyl groups excluding tert-OH is 1. The second kappa shape index (κ2) is 21.7. The fourth-order valence-corrected chi connectivity index (χ4v) is 4.50. The summed E-state index contributed by atoms with van der Waals surface area (Å²) in [6.45, 7) is 10.7. The molecule has 0 bridgehead atoms. The molecule has 1 saturated carbocycles. The van der Waals surface area contributed by atoms with E-state index in [0.29, 0.717) is 33.2 Å². The van der Waals surface area contributed by atoms with Crippen molar-refractivity contribution in [2.75, 3.05) is 13.7 Å². The van der Waals surface area contributed by atoms with Crippen molar-refractivity contribution in [2.24, 2.45) is 11.8 Å².